The maximum Gasteiger partial charge on any atom is 0.303 e. The lowest BCUT2D eigenvalue weighted by molar-refractivity contribution is -0.145. The number of aliphatic hydroxyl groups is 2. The molecule has 4 nitrogen and oxygen atoms in total. The summed E-state index contributed by atoms with van der Waals surface area (Å²) >= 11 is 0. The van der Waals surface area contributed by atoms with Gasteiger partial charge in [-0.3, -0.25) is 4.79 Å². The second kappa shape index (κ2) is 7.46. The third kappa shape index (κ3) is 4.06. The minimum atomic E-state index is -1.23. The lowest BCUT2D eigenvalue weighted by Crippen LogP contribution is -2.56. The smallest absolute Gasteiger partial charge is 0.303 e. The Morgan fingerprint density at radius 3 is 2.60 bits per heavy atom. The van der Waals surface area contributed by atoms with Crippen LogP contribution in [0.25, 0.3) is 0 Å². The summed E-state index contributed by atoms with van der Waals surface area (Å²) in [6.45, 7) is 9.44. The highest BCUT2D eigenvalue weighted by Gasteiger charge is 2.52. The zero-order chi connectivity index (χ0) is 18.8. The second-order valence-electron chi connectivity index (χ2n) is 8.08. The SMILES string of the molecule is CC(=O)O[C@@H]1/C=C/CCC(C)=C[C@@H](O)[C@]2(O)CCC(C)=C(C1)C2(C)C. The normalized spacial score (nSPS) is 34.4. The van der Waals surface area contributed by atoms with Gasteiger partial charge in [-0.15, -0.1) is 0 Å². The molecule has 0 unspecified atom stereocenters. The quantitative estimate of drug-likeness (QED) is 0.558. The third-order valence-corrected chi connectivity index (χ3v) is 5.94. The van der Waals surface area contributed by atoms with Crippen LogP contribution in [0.1, 0.15) is 66.7 Å². The number of carbonyl (C=O) groups is 1. The van der Waals surface area contributed by atoms with Gasteiger partial charge in [-0.1, -0.05) is 42.7 Å². The fraction of sp³-hybridized carbons (Fsp3) is 0.667. The molecular weight excluding hydrogens is 316 g/mol. The second-order valence-corrected chi connectivity index (χ2v) is 8.08. The van der Waals surface area contributed by atoms with Crippen LogP contribution in [-0.4, -0.2) is 34.0 Å². The Morgan fingerprint density at radius 2 is 1.96 bits per heavy atom. The van der Waals surface area contributed by atoms with Crippen molar-refractivity contribution in [3.63, 3.8) is 0 Å². The fourth-order valence-corrected chi connectivity index (χ4v) is 4.20. The fourth-order valence-electron chi connectivity index (χ4n) is 4.20. The molecule has 0 aliphatic heterocycles. The molecule has 0 spiro atoms. The molecule has 2 bridgehead atoms. The molecule has 0 amide bonds. The van der Waals surface area contributed by atoms with Crippen molar-refractivity contribution >= 4 is 5.97 Å². The molecule has 0 aromatic carbocycles. The van der Waals surface area contributed by atoms with Crippen molar-refractivity contribution in [3.05, 3.63) is 34.9 Å². The Balaban J connectivity index is 2.52. The van der Waals surface area contributed by atoms with Gasteiger partial charge in [0, 0.05) is 18.8 Å². The standard InChI is InChI=1S/C21H32O4/c1-14-8-6-7-9-17(25-16(3)22)13-18-15(2)10-11-21(24,19(23)12-14)20(18,4)5/h7,9,12,17,19,23-24H,6,8,10-11,13H2,1-5H3/b9-7+,14-12?/t17-,19-,21-/m1/s1. The number of rotatable bonds is 1. The number of carbonyl (C=O) groups excluding carboxylic acids is 1. The van der Waals surface area contributed by atoms with Crippen molar-refractivity contribution in [3.8, 4) is 0 Å². The van der Waals surface area contributed by atoms with E-state index in [9.17, 15) is 15.0 Å². The van der Waals surface area contributed by atoms with Crippen molar-refractivity contribution in [2.45, 2.75) is 84.5 Å². The van der Waals surface area contributed by atoms with Crippen molar-refractivity contribution in [1.29, 1.82) is 0 Å². The first kappa shape index (κ1) is 19.9. The van der Waals surface area contributed by atoms with Gasteiger partial charge in [0.1, 0.15) is 17.8 Å². The van der Waals surface area contributed by atoms with Gasteiger partial charge in [0.25, 0.3) is 0 Å². The van der Waals surface area contributed by atoms with E-state index in [1.54, 1.807) is 6.08 Å². The van der Waals surface area contributed by atoms with Gasteiger partial charge in [0.05, 0.1) is 0 Å². The Bertz CT molecular complexity index is 611. The summed E-state index contributed by atoms with van der Waals surface area (Å²) in [5.74, 6) is -0.306. The van der Waals surface area contributed by atoms with Crippen LogP contribution in [0, 0.1) is 5.41 Å². The number of fused-ring (bicyclic) bond motifs is 2. The van der Waals surface area contributed by atoms with Gasteiger partial charge in [-0.25, -0.2) is 0 Å². The van der Waals surface area contributed by atoms with E-state index in [1.165, 1.54) is 12.5 Å². The molecule has 0 saturated heterocycles. The molecule has 0 radical (unpaired) electrons. The monoisotopic (exact) mass is 348 g/mol. The number of esters is 1. The van der Waals surface area contributed by atoms with E-state index in [1.807, 2.05) is 32.9 Å². The molecule has 0 aromatic rings. The molecular formula is C21H32O4. The summed E-state index contributed by atoms with van der Waals surface area (Å²) in [5.41, 5.74) is 1.50. The van der Waals surface area contributed by atoms with Gasteiger partial charge in [-0.2, -0.15) is 0 Å². The molecule has 25 heavy (non-hydrogen) atoms. The molecule has 140 valence electrons. The molecule has 0 fully saturated rings. The Kier molecular flexibility index (Phi) is 5.95. The molecule has 0 aromatic heterocycles. The lowest BCUT2D eigenvalue weighted by atomic mass is 9.59. The van der Waals surface area contributed by atoms with Crippen LogP contribution in [0.3, 0.4) is 0 Å². The Hall–Kier alpha value is -1.39. The van der Waals surface area contributed by atoms with Crippen LogP contribution >= 0.6 is 0 Å². The maximum atomic E-state index is 11.5. The molecule has 2 N–H and O–H groups in total. The Morgan fingerprint density at radius 1 is 1.28 bits per heavy atom. The molecule has 2 aliphatic carbocycles. The first-order chi connectivity index (χ1) is 11.6. The first-order valence-electron chi connectivity index (χ1n) is 9.18. The van der Waals surface area contributed by atoms with Crippen molar-refractivity contribution < 1.29 is 19.7 Å². The summed E-state index contributed by atoms with van der Waals surface area (Å²) in [4.78, 5) is 11.5. The summed E-state index contributed by atoms with van der Waals surface area (Å²) in [7, 11) is 0. The summed E-state index contributed by atoms with van der Waals surface area (Å²) in [5, 5.41) is 22.2. The van der Waals surface area contributed by atoms with E-state index in [2.05, 4.69) is 6.92 Å². The van der Waals surface area contributed by atoms with Crippen molar-refractivity contribution in [1.82, 2.24) is 0 Å². The Labute approximate surface area is 151 Å². The third-order valence-electron chi connectivity index (χ3n) is 5.94. The number of allylic oxidation sites excluding steroid dienone is 3. The molecule has 2 aliphatic rings. The summed E-state index contributed by atoms with van der Waals surface area (Å²) < 4.78 is 5.50. The van der Waals surface area contributed by atoms with E-state index in [0.29, 0.717) is 12.8 Å². The average Bonchev–Trinajstić information content (AvgIpc) is 2.50. The number of hydrogen-bond donors (Lipinski definition) is 2. The van der Waals surface area contributed by atoms with E-state index >= 15 is 0 Å². The van der Waals surface area contributed by atoms with Crippen LogP contribution in [0.15, 0.2) is 34.9 Å². The molecule has 3 atom stereocenters. The molecule has 2 rings (SSSR count). The van der Waals surface area contributed by atoms with Crippen LogP contribution in [0.2, 0.25) is 0 Å². The van der Waals surface area contributed by atoms with Crippen molar-refractivity contribution in [2.75, 3.05) is 0 Å². The first-order valence-corrected chi connectivity index (χ1v) is 9.18. The van der Waals surface area contributed by atoms with Gasteiger partial charge < -0.3 is 14.9 Å². The van der Waals surface area contributed by atoms with Gasteiger partial charge in [0.15, 0.2) is 0 Å². The number of hydrogen-bond acceptors (Lipinski definition) is 4. The summed E-state index contributed by atoms with van der Waals surface area (Å²) in [6, 6.07) is 0. The van der Waals surface area contributed by atoms with Crippen LogP contribution in [0.4, 0.5) is 0 Å². The predicted octanol–water partition coefficient (Wildman–Crippen LogP) is 3.83. The highest BCUT2D eigenvalue weighted by Crippen LogP contribution is 2.51. The number of aliphatic hydroxyl groups excluding tert-OH is 1. The zero-order valence-corrected chi connectivity index (χ0v) is 16.1. The lowest BCUT2D eigenvalue weighted by Gasteiger charge is -2.51. The molecule has 4 heteroatoms. The maximum absolute atomic E-state index is 11.5. The number of ether oxygens (including phenoxy) is 1. The molecule has 0 heterocycles. The van der Waals surface area contributed by atoms with Crippen LogP contribution < -0.4 is 0 Å². The largest absolute Gasteiger partial charge is 0.458 e. The van der Waals surface area contributed by atoms with Gasteiger partial charge in [0.2, 0.25) is 0 Å². The average molecular weight is 348 g/mol. The zero-order valence-electron chi connectivity index (χ0n) is 16.1. The van der Waals surface area contributed by atoms with Gasteiger partial charge >= 0.3 is 5.97 Å². The minimum Gasteiger partial charge on any atom is -0.458 e. The van der Waals surface area contributed by atoms with Crippen molar-refractivity contribution in [2.24, 2.45) is 5.41 Å². The van der Waals surface area contributed by atoms with E-state index in [-0.39, 0.29) is 12.1 Å². The van der Waals surface area contributed by atoms with Gasteiger partial charge in [-0.05, 0) is 45.6 Å². The minimum absolute atomic E-state index is 0.306. The summed E-state index contributed by atoms with van der Waals surface area (Å²) in [6.07, 6.45) is 7.96. The topological polar surface area (TPSA) is 66.8 Å². The predicted molar refractivity (Wildman–Crippen MR) is 99.0 cm³/mol. The van der Waals surface area contributed by atoms with Crippen LogP contribution in [-0.2, 0) is 9.53 Å². The van der Waals surface area contributed by atoms with E-state index < -0.39 is 17.1 Å². The molecule has 0 saturated carbocycles. The van der Waals surface area contributed by atoms with E-state index in [0.717, 1.165) is 30.4 Å². The van der Waals surface area contributed by atoms with Crippen LogP contribution in [0.5, 0.6) is 0 Å². The highest BCUT2D eigenvalue weighted by molar-refractivity contribution is 5.66. The highest BCUT2D eigenvalue weighted by atomic mass is 16.5. The van der Waals surface area contributed by atoms with E-state index in [4.69, 9.17) is 4.74 Å².